The minimum atomic E-state index is -0.0146. The third kappa shape index (κ3) is 3.65. The molecule has 3 rings (SSSR count). The highest BCUT2D eigenvalue weighted by Crippen LogP contribution is 2.14. The Morgan fingerprint density at radius 2 is 1.77 bits per heavy atom. The van der Waals surface area contributed by atoms with Crippen molar-refractivity contribution >= 4 is 11.6 Å². The van der Waals surface area contributed by atoms with Crippen LogP contribution in [-0.2, 0) is 0 Å². The van der Waals surface area contributed by atoms with Gasteiger partial charge in [0.25, 0.3) is 5.91 Å². The van der Waals surface area contributed by atoms with Gasteiger partial charge in [-0.25, -0.2) is 0 Å². The first-order valence-electron chi connectivity index (χ1n) is 7.69. The lowest BCUT2D eigenvalue weighted by Gasteiger charge is -2.35. The summed E-state index contributed by atoms with van der Waals surface area (Å²) in [7, 11) is 0. The highest BCUT2D eigenvalue weighted by atomic mass is 16.1. The van der Waals surface area contributed by atoms with Crippen molar-refractivity contribution in [2.24, 2.45) is 0 Å². The van der Waals surface area contributed by atoms with Gasteiger partial charge in [-0.1, -0.05) is 36.4 Å². The molecule has 0 spiro atoms. The normalized spacial score (nSPS) is 18.0. The Hall–Kier alpha value is -2.33. The highest BCUT2D eigenvalue weighted by Gasteiger charge is 2.20. The molecule has 1 fully saturated rings. The average Bonchev–Trinajstić information content (AvgIpc) is 2.61. The van der Waals surface area contributed by atoms with Gasteiger partial charge in [-0.15, -0.1) is 0 Å². The van der Waals surface area contributed by atoms with Crippen LogP contribution in [0.3, 0.4) is 0 Å². The molecule has 1 saturated heterocycles. The van der Waals surface area contributed by atoms with E-state index in [-0.39, 0.29) is 11.9 Å². The maximum Gasteiger partial charge on any atom is 0.251 e. The molecule has 1 atom stereocenters. The zero-order chi connectivity index (χ0) is 15.2. The van der Waals surface area contributed by atoms with E-state index in [0.29, 0.717) is 12.1 Å². The predicted octanol–water partition coefficient (Wildman–Crippen LogP) is 1.89. The number of piperazine rings is 1. The molecule has 0 radical (unpaired) electrons. The molecule has 4 nitrogen and oxygen atoms in total. The predicted molar refractivity (Wildman–Crippen MR) is 89.2 cm³/mol. The van der Waals surface area contributed by atoms with Gasteiger partial charge >= 0.3 is 0 Å². The van der Waals surface area contributed by atoms with Crippen molar-refractivity contribution in [3.8, 4) is 0 Å². The number of nitrogens with zero attached hydrogens (tertiary/aromatic N) is 1. The topological polar surface area (TPSA) is 44.4 Å². The molecular formula is C18H21N3O. The summed E-state index contributed by atoms with van der Waals surface area (Å²) in [6, 6.07) is 20.0. The third-order valence-corrected chi connectivity index (χ3v) is 3.92. The maximum atomic E-state index is 12.1. The largest absolute Gasteiger partial charge is 0.369 e. The molecule has 22 heavy (non-hydrogen) atoms. The Morgan fingerprint density at radius 3 is 2.50 bits per heavy atom. The summed E-state index contributed by atoms with van der Waals surface area (Å²) < 4.78 is 0. The quantitative estimate of drug-likeness (QED) is 0.905. The second-order valence-electron chi connectivity index (χ2n) is 5.51. The fraction of sp³-hybridized carbons (Fsp3) is 0.278. The SMILES string of the molecule is O=C(NCC1CN(c2ccccc2)CCN1)c1ccccc1. The average molecular weight is 295 g/mol. The molecule has 0 bridgehead atoms. The van der Waals surface area contributed by atoms with Crippen molar-refractivity contribution in [1.29, 1.82) is 0 Å². The number of amides is 1. The highest BCUT2D eigenvalue weighted by molar-refractivity contribution is 5.94. The summed E-state index contributed by atoms with van der Waals surface area (Å²) in [6.07, 6.45) is 0. The van der Waals surface area contributed by atoms with E-state index in [1.165, 1.54) is 5.69 Å². The second-order valence-corrected chi connectivity index (χ2v) is 5.51. The van der Waals surface area contributed by atoms with E-state index in [1.807, 2.05) is 36.4 Å². The van der Waals surface area contributed by atoms with E-state index in [2.05, 4.69) is 39.8 Å². The van der Waals surface area contributed by atoms with Crippen LogP contribution in [-0.4, -0.2) is 38.1 Å². The lowest BCUT2D eigenvalue weighted by atomic mass is 10.1. The number of nitrogens with one attached hydrogen (secondary N) is 2. The number of hydrogen-bond donors (Lipinski definition) is 2. The van der Waals surface area contributed by atoms with Gasteiger partial charge in [-0.3, -0.25) is 4.79 Å². The smallest absolute Gasteiger partial charge is 0.251 e. The van der Waals surface area contributed by atoms with Crippen molar-refractivity contribution in [1.82, 2.24) is 10.6 Å². The van der Waals surface area contributed by atoms with Crippen LogP contribution in [0, 0.1) is 0 Å². The van der Waals surface area contributed by atoms with Gasteiger partial charge in [0.15, 0.2) is 0 Å². The summed E-state index contributed by atoms with van der Waals surface area (Å²) in [5, 5.41) is 6.48. The molecule has 1 heterocycles. The Bertz CT molecular complexity index is 600. The Balaban J connectivity index is 1.54. The minimum absolute atomic E-state index is 0.0146. The lowest BCUT2D eigenvalue weighted by Crippen LogP contribution is -2.55. The van der Waals surface area contributed by atoms with Crippen LogP contribution in [0.4, 0.5) is 5.69 Å². The molecule has 2 aromatic rings. The van der Waals surface area contributed by atoms with Crippen LogP contribution in [0.25, 0.3) is 0 Å². The van der Waals surface area contributed by atoms with Gasteiger partial charge in [0, 0.05) is 43.5 Å². The first-order valence-corrected chi connectivity index (χ1v) is 7.69. The van der Waals surface area contributed by atoms with Gasteiger partial charge in [0.05, 0.1) is 0 Å². The van der Waals surface area contributed by atoms with Gasteiger partial charge in [0.1, 0.15) is 0 Å². The van der Waals surface area contributed by atoms with E-state index in [4.69, 9.17) is 0 Å². The number of carbonyl (C=O) groups is 1. The van der Waals surface area contributed by atoms with Gasteiger partial charge in [-0.2, -0.15) is 0 Å². The van der Waals surface area contributed by atoms with Gasteiger partial charge < -0.3 is 15.5 Å². The van der Waals surface area contributed by atoms with Crippen molar-refractivity contribution in [2.45, 2.75) is 6.04 Å². The fourth-order valence-corrected chi connectivity index (χ4v) is 2.74. The Morgan fingerprint density at radius 1 is 1.09 bits per heavy atom. The number of para-hydroxylation sites is 1. The summed E-state index contributed by atoms with van der Waals surface area (Å²) >= 11 is 0. The van der Waals surface area contributed by atoms with E-state index in [9.17, 15) is 4.79 Å². The molecule has 0 aliphatic carbocycles. The van der Waals surface area contributed by atoms with Crippen LogP contribution >= 0.6 is 0 Å². The summed E-state index contributed by atoms with van der Waals surface area (Å²) in [4.78, 5) is 14.4. The second kappa shape index (κ2) is 7.09. The van der Waals surface area contributed by atoms with Crippen LogP contribution in [0.5, 0.6) is 0 Å². The van der Waals surface area contributed by atoms with Crippen molar-refractivity contribution in [3.63, 3.8) is 0 Å². The molecule has 114 valence electrons. The number of carbonyl (C=O) groups excluding carboxylic acids is 1. The fourth-order valence-electron chi connectivity index (χ4n) is 2.74. The van der Waals surface area contributed by atoms with Gasteiger partial charge in [-0.05, 0) is 24.3 Å². The monoisotopic (exact) mass is 295 g/mol. The van der Waals surface area contributed by atoms with Crippen molar-refractivity contribution in [2.75, 3.05) is 31.1 Å². The number of anilines is 1. The molecule has 1 aliphatic heterocycles. The summed E-state index contributed by atoms with van der Waals surface area (Å²) in [6.45, 7) is 3.46. The standard InChI is InChI=1S/C18H21N3O/c22-18(15-7-3-1-4-8-15)20-13-16-14-21(12-11-19-16)17-9-5-2-6-10-17/h1-10,16,19H,11-14H2,(H,20,22). The molecule has 0 aromatic heterocycles. The number of benzene rings is 2. The van der Waals surface area contributed by atoms with Crippen LogP contribution in [0.15, 0.2) is 60.7 Å². The minimum Gasteiger partial charge on any atom is -0.369 e. The van der Waals surface area contributed by atoms with E-state index in [0.717, 1.165) is 19.6 Å². The summed E-state index contributed by atoms with van der Waals surface area (Å²) in [5.74, 6) is -0.0146. The molecule has 2 aromatic carbocycles. The first-order chi connectivity index (χ1) is 10.8. The van der Waals surface area contributed by atoms with E-state index >= 15 is 0 Å². The number of hydrogen-bond acceptors (Lipinski definition) is 3. The van der Waals surface area contributed by atoms with Crippen molar-refractivity contribution < 1.29 is 4.79 Å². The zero-order valence-corrected chi connectivity index (χ0v) is 12.5. The lowest BCUT2D eigenvalue weighted by molar-refractivity contribution is 0.0949. The molecular weight excluding hydrogens is 274 g/mol. The Kier molecular flexibility index (Phi) is 4.71. The van der Waals surface area contributed by atoms with Crippen LogP contribution in [0.1, 0.15) is 10.4 Å². The molecule has 0 saturated carbocycles. The zero-order valence-electron chi connectivity index (χ0n) is 12.5. The van der Waals surface area contributed by atoms with E-state index < -0.39 is 0 Å². The van der Waals surface area contributed by atoms with E-state index in [1.54, 1.807) is 0 Å². The molecule has 1 aliphatic rings. The molecule has 1 unspecified atom stereocenters. The summed E-state index contributed by atoms with van der Waals surface area (Å²) in [5.41, 5.74) is 1.95. The first kappa shape index (κ1) is 14.6. The molecule has 1 amide bonds. The third-order valence-electron chi connectivity index (χ3n) is 3.92. The Labute approximate surface area is 131 Å². The number of rotatable bonds is 4. The van der Waals surface area contributed by atoms with Crippen LogP contribution < -0.4 is 15.5 Å². The van der Waals surface area contributed by atoms with Crippen LogP contribution in [0.2, 0.25) is 0 Å². The maximum absolute atomic E-state index is 12.1. The van der Waals surface area contributed by atoms with Gasteiger partial charge in [0.2, 0.25) is 0 Å². The van der Waals surface area contributed by atoms with Crippen molar-refractivity contribution in [3.05, 3.63) is 66.2 Å². The molecule has 4 heteroatoms. The molecule has 2 N–H and O–H groups in total.